The summed E-state index contributed by atoms with van der Waals surface area (Å²) in [6.45, 7) is 0. The minimum atomic E-state index is -0.361. The maximum Gasteiger partial charge on any atom is 0.169 e. The van der Waals surface area contributed by atoms with Gasteiger partial charge in [0.1, 0.15) is 11.5 Å². The third kappa shape index (κ3) is 1.77. The summed E-state index contributed by atoms with van der Waals surface area (Å²) >= 11 is 0. The third-order valence-corrected chi connectivity index (χ3v) is 4.94. The molecular formula is C18H16O3. The summed E-state index contributed by atoms with van der Waals surface area (Å²) < 4.78 is 0. The van der Waals surface area contributed by atoms with E-state index in [2.05, 4.69) is 0 Å². The normalized spacial score (nSPS) is 23.1. The smallest absolute Gasteiger partial charge is 0.169 e. The summed E-state index contributed by atoms with van der Waals surface area (Å²) in [5.41, 5.74) is 3.59. The first-order valence-electron chi connectivity index (χ1n) is 7.25. The molecule has 0 aliphatic heterocycles. The van der Waals surface area contributed by atoms with E-state index in [1.807, 2.05) is 6.07 Å². The predicted octanol–water partition coefficient (Wildman–Crippen LogP) is 3.01. The molecule has 3 heteroatoms. The highest BCUT2D eigenvalue weighted by Crippen LogP contribution is 2.47. The molecule has 1 spiro atoms. The Hall–Kier alpha value is -2.29. The van der Waals surface area contributed by atoms with Gasteiger partial charge in [-0.25, -0.2) is 0 Å². The molecule has 0 heterocycles. The van der Waals surface area contributed by atoms with Gasteiger partial charge in [0.15, 0.2) is 5.78 Å². The van der Waals surface area contributed by atoms with Gasteiger partial charge < -0.3 is 10.2 Å². The fourth-order valence-electron chi connectivity index (χ4n) is 3.86. The van der Waals surface area contributed by atoms with Crippen LogP contribution >= 0.6 is 0 Å². The molecule has 1 unspecified atom stereocenters. The number of carbonyl (C=O) groups is 1. The molecule has 1 atom stereocenters. The van der Waals surface area contributed by atoms with E-state index in [1.54, 1.807) is 30.3 Å². The molecule has 2 aromatic carbocycles. The lowest BCUT2D eigenvalue weighted by molar-refractivity contribution is 0.0771. The van der Waals surface area contributed by atoms with Crippen LogP contribution in [0.2, 0.25) is 0 Å². The molecule has 2 aromatic rings. The van der Waals surface area contributed by atoms with Gasteiger partial charge in [-0.15, -0.1) is 0 Å². The van der Waals surface area contributed by atoms with E-state index in [4.69, 9.17) is 0 Å². The lowest BCUT2D eigenvalue weighted by Gasteiger charge is -2.33. The van der Waals surface area contributed by atoms with Crippen molar-refractivity contribution in [1.82, 2.24) is 0 Å². The number of phenolic OH excluding ortho intramolecular Hbond substituents is 2. The standard InChI is InChI=1S/C18H16O3/c19-14-2-1-12-9-18(10-13(12)8-14)6-5-11-7-15(20)3-4-16(11)17(18)21/h1-4,7-8,19-20H,5-6,9-10H2. The topological polar surface area (TPSA) is 57.5 Å². The molecule has 2 aliphatic rings. The van der Waals surface area contributed by atoms with Crippen molar-refractivity contribution in [3.63, 3.8) is 0 Å². The number of aromatic hydroxyl groups is 2. The number of benzene rings is 2. The third-order valence-electron chi connectivity index (χ3n) is 4.94. The zero-order valence-electron chi connectivity index (χ0n) is 11.6. The van der Waals surface area contributed by atoms with Crippen molar-refractivity contribution in [3.05, 3.63) is 58.7 Å². The van der Waals surface area contributed by atoms with Crippen molar-refractivity contribution in [2.45, 2.75) is 25.7 Å². The van der Waals surface area contributed by atoms with Crippen LogP contribution in [0.25, 0.3) is 0 Å². The largest absolute Gasteiger partial charge is 0.508 e. The zero-order chi connectivity index (χ0) is 14.6. The first-order chi connectivity index (χ1) is 10.1. The molecule has 0 radical (unpaired) electrons. The van der Waals surface area contributed by atoms with E-state index in [-0.39, 0.29) is 22.7 Å². The number of hydrogen-bond donors (Lipinski definition) is 2. The van der Waals surface area contributed by atoms with Crippen LogP contribution < -0.4 is 0 Å². The van der Waals surface area contributed by atoms with Crippen LogP contribution in [-0.4, -0.2) is 16.0 Å². The number of carbonyl (C=O) groups excluding carboxylic acids is 1. The summed E-state index contributed by atoms with van der Waals surface area (Å²) in [4.78, 5) is 13.0. The van der Waals surface area contributed by atoms with Crippen LogP contribution in [0.1, 0.15) is 33.5 Å². The van der Waals surface area contributed by atoms with Crippen LogP contribution in [0.5, 0.6) is 11.5 Å². The molecule has 3 nitrogen and oxygen atoms in total. The number of fused-ring (bicyclic) bond motifs is 2. The van der Waals surface area contributed by atoms with E-state index in [1.165, 1.54) is 5.56 Å². The molecule has 106 valence electrons. The van der Waals surface area contributed by atoms with Crippen LogP contribution in [0.3, 0.4) is 0 Å². The number of aryl methyl sites for hydroxylation is 1. The summed E-state index contributed by atoms with van der Waals surface area (Å²) in [5.74, 6) is 0.663. The Kier molecular flexibility index (Phi) is 2.43. The Morgan fingerprint density at radius 2 is 1.52 bits per heavy atom. The van der Waals surface area contributed by atoms with Gasteiger partial charge in [-0.05, 0) is 72.7 Å². The van der Waals surface area contributed by atoms with Crippen molar-refractivity contribution >= 4 is 5.78 Å². The Bertz CT molecular complexity index is 763. The highest BCUT2D eigenvalue weighted by atomic mass is 16.3. The molecule has 0 fully saturated rings. The second-order valence-electron chi connectivity index (χ2n) is 6.26. The minimum Gasteiger partial charge on any atom is -0.508 e. The maximum atomic E-state index is 13.0. The molecule has 0 saturated heterocycles. The average Bonchev–Trinajstić information content (AvgIpc) is 2.82. The number of ketones is 1. The molecule has 4 rings (SSSR count). The molecular weight excluding hydrogens is 264 g/mol. The van der Waals surface area contributed by atoms with Crippen molar-refractivity contribution < 1.29 is 15.0 Å². The number of phenols is 2. The Labute approximate surface area is 122 Å². The van der Waals surface area contributed by atoms with Crippen LogP contribution in [0.4, 0.5) is 0 Å². The van der Waals surface area contributed by atoms with Crippen molar-refractivity contribution in [2.75, 3.05) is 0 Å². The summed E-state index contributed by atoms with van der Waals surface area (Å²) in [6.07, 6.45) is 3.07. The fraction of sp³-hybridized carbons (Fsp3) is 0.278. The van der Waals surface area contributed by atoms with Crippen molar-refractivity contribution in [1.29, 1.82) is 0 Å². The van der Waals surface area contributed by atoms with Gasteiger partial charge >= 0.3 is 0 Å². The monoisotopic (exact) mass is 280 g/mol. The zero-order valence-corrected chi connectivity index (χ0v) is 11.6. The van der Waals surface area contributed by atoms with Crippen molar-refractivity contribution in [2.24, 2.45) is 5.41 Å². The van der Waals surface area contributed by atoms with Crippen molar-refractivity contribution in [3.8, 4) is 11.5 Å². The number of Topliss-reactive ketones (excluding diaryl/α,β-unsaturated/α-hetero) is 1. The molecule has 0 aromatic heterocycles. The van der Waals surface area contributed by atoms with Crippen LogP contribution in [0.15, 0.2) is 36.4 Å². The lowest BCUT2D eigenvalue weighted by Crippen LogP contribution is -2.36. The Morgan fingerprint density at radius 3 is 2.33 bits per heavy atom. The van der Waals surface area contributed by atoms with E-state index in [9.17, 15) is 15.0 Å². The lowest BCUT2D eigenvalue weighted by atomic mass is 9.68. The molecule has 2 N–H and O–H groups in total. The number of hydrogen-bond acceptors (Lipinski definition) is 3. The van der Waals surface area contributed by atoms with Gasteiger partial charge in [-0.1, -0.05) is 6.07 Å². The van der Waals surface area contributed by atoms with E-state index < -0.39 is 0 Å². The van der Waals surface area contributed by atoms with Crippen LogP contribution in [-0.2, 0) is 19.3 Å². The highest BCUT2D eigenvalue weighted by Gasteiger charge is 2.46. The summed E-state index contributed by atoms with van der Waals surface area (Å²) in [7, 11) is 0. The Morgan fingerprint density at radius 1 is 0.857 bits per heavy atom. The Balaban J connectivity index is 1.76. The van der Waals surface area contributed by atoms with Crippen LogP contribution in [0, 0.1) is 5.41 Å². The van der Waals surface area contributed by atoms with Gasteiger partial charge in [0, 0.05) is 11.0 Å². The second kappa shape index (κ2) is 4.10. The SMILES string of the molecule is O=C1c2ccc(O)cc2CCC12Cc1ccc(O)cc1C2. The first-order valence-corrected chi connectivity index (χ1v) is 7.25. The predicted molar refractivity (Wildman–Crippen MR) is 78.7 cm³/mol. The van der Waals surface area contributed by atoms with Gasteiger partial charge in [-0.2, -0.15) is 0 Å². The molecule has 0 amide bonds. The van der Waals surface area contributed by atoms with Gasteiger partial charge in [-0.3, -0.25) is 4.79 Å². The highest BCUT2D eigenvalue weighted by molar-refractivity contribution is 6.03. The average molecular weight is 280 g/mol. The van der Waals surface area contributed by atoms with E-state index in [0.29, 0.717) is 6.42 Å². The second-order valence-corrected chi connectivity index (χ2v) is 6.26. The minimum absolute atomic E-state index is 0.180. The molecule has 0 saturated carbocycles. The summed E-state index contributed by atoms with van der Waals surface area (Å²) in [5, 5.41) is 19.2. The molecule has 0 bridgehead atoms. The van der Waals surface area contributed by atoms with Gasteiger partial charge in [0.05, 0.1) is 0 Å². The molecule has 21 heavy (non-hydrogen) atoms. The molecule has 2 aliphatic carbocycles. The fourth-order valence-corrected chi connectivity index (χ4v) is 3.86. The van der Waals surface area contributed by atoms with E-state index in [0.717, 1.165) is 36.0 Å². The van der Waals surface area contributed by atoms with E-state index >= 15 is 0 Å². The quantitative estimate of drug-likeness (QED) is 0.780. The maximum absolute atomic E-state index is 13.0. The summed E-state index contributed by atoms with van der Waals surface area (Å²) in [6, 6.07) is 10.4. The number of rotatable bonds is 0. The van der Waals surface area contributed by atoms with Gasteiger partial charge in [0.25, 0.3) is 0 Å². The van der Waals surface area contributed by atoms with Gasteiger partial charge in [0.2, 0.25) is 0 Å². The first kappa shape index (κ1) is 12.5.